The Hall–Kier alpha value is -2.68. The van der Waals surface area contributed by atoms with E-state index in [2.05, 4.69) is 131 Å². The third-order valence-electron chi connectivity index (χ3n) is 7.63. The van der Waals surface area contributed by atoms with Crippen LogP contribution in [0.5, 0.6) is 0 Å². The van der Waals surface area contributed by atoms with Crippen LogP contribution >= 0.6 is 0 Å². The van der Waals surface area contributed by atoms with E-state index in [-0.39, 0.29) is 5.04 Å². The first-order valence-electron chi connectivity index (χ1n) is 13.0. The third kappa shape index (κ3) is 6.71. The van der Waals surface area contributed by atoms with Crippen molar-refractivity contribution in [2.24, 2.45) is 5.92 Å². The fourth-order valence-electron chi connectivity index (χ4n) is 4.33. The van der Waals surface area contributed by atoms with Crippen molar-refractivity contribution in [2.75, 3.05) is 6.61 Å². The van der Waals surface area contributed by atoms with Crippen molar-refractivity contribution in [1.82, 2.24) is 0 Å². The van der Waals surface area contributed by atoms with E-state index in [4.69, 9.17) is 4.43 Å². The van der Waals surface area contributed by atoms with E-state index in [1.165, 1.54) is 32.7 Å². The topological polar surface area (TPSA) is 9.23 Å². The van der Waals surface area contributed by atoms with Crippen LogP contribution in [-0.4, -0.2) is 14.9 Å². The van der Waals surface area contributed by atoms with Gasteiger partial charge in [0.15, 0.2) is 8.32 Å². The summed E-state index contributed by atoms with van der Waals surface area (Å²) in [5.41, 5.74) is 2.76. The van der Waals surface area contributed by atoms with Gasteiger partial charge in [0, 0.05) is 6.61 Å². The van der Waals surface area contributed by atoms with Crippen LogP contribution < -0.4 is 0 Å². The molecule has 0 aromatic heterocycles. The van der Waals surface area contributed by atoms with Crippen molar-refractivity contribution >= 4 is 29.9 Å². The average Bonchev–Trinajstić information content (AvgIpc) is 2.84. The zero-order chi connectivity index (χ0) is 24.9. The summed E-state index contributed by atoms with van der Waals surface area (Å²) in [6.07, 6.45) is 7.76. The van der Waals surface area contributed by atoms with E-state index in [9.17, 15) is 0 Å². The van der Waals surface area contributed by atoms with Crippen LogP contribution in [0.4, 0.5) is 0 Å². The molecule has 0 aliphatic rings. The Morgan fingerprint density at radius 1 is 0.714 bits per heavy atom. The molecule has 1 unspecified atom stereocenters. The standard InChI is InChI=1S/C33H40OSi/c1-33(2,3)35(4,5)34-25-28(22-27-19-21-30-15-9-11-17-32(30)24-27)13-7-6-12-26-18-20-29-14-8-10-16-31(29)23-26/h6-11,14-21,23-24,28H,12-13,22,25H2,1-5H3/b7-6-. The summed E-state index contributed by atoms with van der Waals surface area (Å²) in [5.74, 6) is 0.471. The number of allylic oxidation sites excluding steroid dienone is 2. The summed E-state index contributed by atoms with van der Waals surface area (Å²) < 4.78 is 6.68. The Labute approximate surface area is 213 Å². The van der Waals surface area contributed by atoms with Gasteiger partial charge in [0.1, 0.15) is 0 Å². The lowest BCUT2D eigenvalue weighted by Crippen LogP contribution is -2.42. The van der Waals surface area contributed by atoms with Gasteiger partial charge in [-0.3, -0.25) is 0 Å². The van der Waals surface area contributed by atoms with Crippen molar-refractivity contribution in [1.29, 1.82) is 0 Å². The fourth-order valence-corrected chi connectivity index (χ4v) is 5.41. The lowest BCUT2D eigenvalue weighted by molar-refractivity contribution is 0.228. The molecule has 1 nitrogen and oxygen atoms in total. The molecule has 0 amide bonds. The van der Waals surface area contributed by atoms with Gasteiger partial charge in [0.2, 0.25) is 0 Å². The fraction of sp³-hybridized carbons (Fsp3) is 0.333. The molecule has 0 heterocycles. The molecule has 4 aromatic carbocycles. The molecule has 0 bridgehead atoms. The molecule has 4 aromatic rings. The molecule has 0 saturated heterocycles. The summed E-state index contributed by atoms with van der Waals surface area (Å²) in [6.45, 7) is 12.5. The van der Waals surface area contributed by atoms with Crippen LogP contribution in [0.2, 0.25) is 18.1 Å². The van der Waals surface area contributed by atoms with Crippen molar-refractivity contribution in [3.05, 3.63) is 108 Å². The van der Waals surface area contributed by atoms with Crippen LogP contribution in [0.15, 0.2) is 97.1 Å². The molecule has 0 fully saturated rings. The first-order chi connectivity index (χ1) is 16.7. The molecular weight excluding hydrogens is 440 g/mol. The van der Waals surface area contributed by atoms with Gasteiger partial charge >= 0.3 is 0 Å². The molecule has 1 atom stereocenters. The van der Waals surface area contributed by atoms with Crippen molar-refractivity contribution in [2.45, 2.75) is 58.2 Å². The second-order valence-corrected chi connectivity index (χ2v) is 16.2. The predicted molar refractivity (Wildman–Crippen MR) is 156 cm³/mol. The maximum atomic E-state index is 6.68. The van der Waals surface area contributed by atoms with E-state index in [0.29, 0.717) is 5.92 Å². The van der Waals surface area contributed by atoms with E-state index in [1.807, 2.05) is 0 Å². The van der Waals surface area contributed by atoms with E-state index >= 15 is 0 Å². The minimum atomic E-state index is -1.78. The highest BCUT2D eigenvalue weighted by molar-refractivity contribution is 6.74. The van der Waals surface area contributed by atoms with Gasteiger partial charge in [-0.2, -0.15) is 0 Å². The number of hydrogen-bond donors (Lipinski definition) is 0. The monoisotopic (exact) mass is 480 g/mol. The molecule has 182 valence electrons. The predicted octanol–water partition coefficient (Wildman–Crippen LogP) is 9.36. The Kier molecular flexibility index (Phi) is 7.94. The maximum Gasteiger partial charge on any atom is 0.191 e. The van der Waals surface area contributed by atoms with Crippen LogP contribution in [0.1, 0.15) is 38.3 Å². The lowest BCUT2D eigenvalue weighted by Gasteiger charge is -2.37. The first kappa shape index (κ1) is 25.4. The Morgan fingerprint density at radius 2 is 1.26 bits per heavy atom. The normalized spacial score (nSPS) is 13.6. The van der Waals surface area contributed by atoms with E-state index in [0.717, 1.165) is 25.9 Å². The van der Waals surface area contributed by atoms with Crippen LogP contribution in [-0.2, 0) is 17.3 Å². The molecule has 0 aliphatic carbocycles. The van der Waals surface area contributed by atoms with Gasteiger partial charge in [0.25, 0.3) is 0 Å². The second kappa shape index (κ2) is 10.9. The Morgan fingerprint density at radius 3 is 1.86 bits per heavy atom. The zero-order valence-electron chi connectivity index (χ0n) is 22.1. The summed E-state index contributed by atoms with van der Waals surface area (Å²) in [5, 5.41) is 5.47. The van der Waals surface area contributed by atoms with Gasteiger partial charge in [-0.1, -0.05) is 118 Å². The van der Waals surface area contributed by atoms with Crippen LogP contribution in [0.25, 0.3) is 21.5 Å². The average molecular weight is 481 g/mol. The lowest BCUT2D eigenvalue weighted by atomic mass is 9.95. The molecule has 0 radical (unpaired) electrons. The molecule has 0 aliphatic heterocycles. The van der Waals surface area contributed by atoms with E-state index < -0.39 is 8.32 Å². The molecule has 35 heavy (non-hydrogen) atoms. The Balaban J connectivity index is 1.45. The van der Waals surface area contributed by atoms with Crippen molar-refractivity contribution in [3.8, 4) is 0 Å². The van der Waals surface area contributed by atoms with Crippen molar-refractivity contribution < 1.29 is 4.43 Å². The minimum absolute atomic E-state index is 0.229. The third-order valence-corrected chi connectivity index (χ3v) is 12.1. The van der Waals surface area contributed by atoms with Gasteiger partial charge in [-0.15, -0.1) is 0 Å². The summed E-state index contributed by atoms with van der Waals surface area (Å²) in [6, 6.07) is 30.9. The molecule has 0 N–H and O–H groups in total. The SMILES string of the molecule is CC(C)(C)[Si](C)(C)OCC(C/C=C\Cc1ccc2ccccc2c1)Cc1ccc2ccccc2c1. The first-order valence-corrected chi connectivity index (χ1v) is 15.9. The molecule has 2 heteroatoms. The number of benzene rings is 4. The van der Waals surface area contributed by atoms with Gasteiger partial charge in [0.05, 0.1) is 0 Å². The summed E-state index contributed by atoms with van der Waals surface area (Å²) in [7, 11) is -1.78. The highest BCUT2D eigenvalue weighted by atomic mass is 28.4. The smallest absolute Gasteiger partial charge is 0.191 e. The maximum absolute atomic E-state index is 6.68. The van der Waals surface area contributed by atoms with Crippen LogP contribution in [0.3, 0.4) is 0 Å². The largest absolute Gasteiger partial charge is 0.417 e. The van der Waals surface area contributed by atoms with Crippen LogP contribution in [0, 0.1) is 5.92 Å². The molecule has 4 rings (SSSR count). The number of fused-ring (bicyclic) bond motifs is 2. The van der Waals surface area contributed by atoms with Crippen molar-refractivity contribution in [3.63, 3.8) is 0 Å². The van der Waals surface area contributed by atoms with Gasteiger partial charge < -0.3 is 4.43 Å². The Bertz CT molecular complexity index is 1300. The number of rotatable bonds is 9. The quantitative estimate of drug-likeness (QED) is 0.171. The highest BCUT2D eigenvalue weighted by Crippen LogP contribution is 2.37. The second-order valence-electron chi connectivity index (χ2n) is 11.4. The minimum Gasteiger partial charge on any atom is -0.417 e. The van der Waals surface area contributed by atoms with Gasteiger partial charge in [-0.05, 0) is 76.0 Å². The molecule has 0 spiro atoms. The molecule has 0 saturated carbocycles. The highest BCUT2D eigenvalue weighted by Gasteiger charge is 2.37. The molecular formula is C33H40OSi. The van der Waals surface area contributed by atoms with Gasteiger partial charge in [-0.25, -0.2) is 0 Å². The zero-order valence-corrected chi connectivity index (χ0v) is 23.1. The number of hydrogen-bond acceptors (Lipinski definition) is 1. The summed E-state index contributed by atoms with van der Waals surface area (Å²) >= 11 is 0. The summed E-state index contributed by atoms with van der Waals surface area (Å²) in [4.78, 5) is 0. The van der Waals surface area contributed by atoms with E-state index in [1.54, 1.807) is 0 Å².